The third-order valence-electron chi connectivity index (χ3n) is 3.94. The Morgan fingerprint density at radius 2 is 1.50 bits per heavy atom. The van der Waals surface area contributed by atoms with Gasteiger partial charge in [0.05, 0.1) is 35.5 Å². The summed E-state index contributed by atoms with van der Waals surface area (Å²) < 4.78 is 113. The van der Waals surface area contributed by atoms with Crippen molar-refractivity contribution in [2.45, 2.75) is 19.0 Å². The number of ether oxygens (including phenoxy) is 2. The summed E-state index contributed by atoms with van der Waals surface area (Å²) in [7, 11) is 1.09. The van der Waals surface area contributed by atoms with Crippen LogP contribution in [0.25, 0.3) is 22.2 Å². The van der Waals surface area contributed by atoms with Gasteiger partial charge in [-0.1, -0.05) is 0 Å². The van der Waals surface area contributed by atoms with E-state index in [1.54, 1.807) is 0 Å². The topological polar surface area (TPSA) is 44.2 Å². The van der Waals surface area contributed by atoms with Gasteiger partial charge in [0.25, 0.3) is 0 Å². The van der Waals surface area contributed by atoms with Crippen molar-refractivity contribution in [2.75, 3.05) is 7.11 Å². The zero-order valence-electron chi connectivity index (χ0n) is 14.8. The number of methoxy groups -OCH3 is 1. The van der Waals surface area contributed by atoms with Gasteiger partial charge in [0.1, 0.15) is 5.75 Å². The van der Waals surface area contributed by atoms with E-state index >= 15 is 0 Å². The first kappa shape index (κ1) is 21.5. The fraction of sp³-hybridized carbons (Fsp3) is 0.222. The van der Waals surface area contributed by atoms with E-state index in [2.05, 4.69) is 14.7 Å². The molecule has 0 saturated carbocycles. The predicted octanol–water partition coefficient (Wildman–Crippen LogP) is 5.94. The van der Waals surface area contributed by atoms with Gasteiger partial charge in [0.2, 0.25) is 5.88 Å². The lowest BCUT2D eigenvalue weighted by atomic mass is 9.98. The second-order valence-electron chi connectivity index (χ2n) is 5.92. The van der Waals surface area contributed by atoms with Gasteiger partial charge in [-0.25, -0.2) is 9.97 Å². The molecule has 1 aromatic heterocycles. The summed E-state index contributed by atoms with van der Waals surface area (Å²) in [6.07, 6.45) is -8.96. The fourth-order valence-electron chi connectivity index (χ4n) is 2.68. The number of alkyl halides is 8. The first-order valence-corrected chi connectivity index (χ1v) is 7.98. The van der Waals surface area contributed by atoms with Crippen LogP contribution >= 0.6 is 0 Å². The molecular weight excluding hydrogens is 428 g/mol. The number of benzene rings is 2. The molecule has 160 valence electrons. The summed E-state index contributed by atoms with van der Waals surface area (Å²) in [5.41, 5.74) is -3.78. The number of hydrogen-bond acceptors (Lipinski definition) is 4. The lowest BCUT2D eigenvalue weighted by molar-refractivity contribution is -0.138. The van der Waals surface area contributed by atoms with E-state index in [-0.39, 0.29) is 22.4 Å². The molecule has 12 heteroatoms. The highest BCUT2D eigenvalue weighted by atomic mass is 19.4. The number of hydrogen-bond donors (Lipinski definition) is 0. The summed E-state index contributed by atoms with van der Waals surface area (Å²) >= 11 is 0. The summed E-state index contributed by atoms with van der Waals surface area (Å²) in [4.78, 5) is 7.34. The molecule has 0 saturated heterocycles. The highest BCUT2D eigenvalue weighted by Gasteiger charge is 2.34. The minimum Gasteiger partial charge on any atom is -0.497 e. The molecular formula is C18H10F8N2O2. The maximum atomic E-state index is 13.3. The fourth-order valence-corrected chi connectivity index (χ4v) is 2.68. The second-order valence-corrected chi connectivity index (χ2v) is 5.92. The van der Waals surface area contributed by atoms with E-state index in [1.165, 1.54) is 0 Å². The largest absolute Gasteiger partial charge is 0.497 e. The normalized spacial score (nSPS) is 12.5. The van der Waals surface area contributed by atoms with Gasteiger partial charge in [-0.2, -0.15) is 35.1 Å². The highest BCUT2D eigenvalue weighted by molar-refractivity contribution is 5.93. The third kappa shape index (κ3) is 4.52. The van der Waals surface area contributed by atoms with Crippen LogP contribution in [-0.2, 0) is 12.4 Å². The molecule has 0 aliphatic rings. The Bertz CT molecular complexity index is 1080. The van der Waals surface area contributed by atoms with Crippen LogP contribution in [0.1, 0.15) is 11.1 Å². The Kier molecular flexibility index (Phi) is 5.44. The Balaban J connectivity index is 2.31. The third-order valence-corrected chi connectivity index (χ3v) is 3.94. The van der Waals surface area contributed by atoms with Crippen LogP contribution in [0.15, 0.2) is 36.5 Å². The van der Waals surface area contributed by atoms with Gasteiger partial charge in [-0.3, -0.25) is 0 Å². The van der Waals surface area contributed by atoms with Crippen LogP contribution in [0.2, 0.25) is 0 Å². The van der Waals surface area contributed by atoms with Crippen LogP contribution in [0.3, 0.4) is 0 Å². The molecule has 1 heterocycles. The molecule has 0 amide bonds. The van der Waals surface area contributed by atoms with Crippen molar-refractivity contribution >= 4 is 11.0 Å². The zero-order chi connectivity index (χ0) is 22.3. The van der Waals surface area contributed by atoms with Gasteiger partial charge >= 0.3 is 19.0 Å². The van der Waals surface area contributed by atoms with Gasteiger partial charge < -0.3 is 9.47 Å². The smallest absolute Gasteiger partial charge is 0.416 e. The van der Waals surface area contributed by atoms with Crippen molar-refractivity contribution in [2.24, 2.45) is 0 Å². The molecule has 0 aliphatic carbocycles. The molecule has 2 aromatic carbocycles. The molecule has 0 unspecified atom stereocenters. The van der Waals surface area contributed by atoms with Gasteiger partial charge in [-0.15, -0.1) is 0 Å². The van der Waals surface area contributed by atoms with E-state index in [1.807, 2.05) is 0 Å². The molecule has 0 N–H and O–H groups in total. The van der Waals surface area contributed by atoms with Crippen LogP contribution in [0.4, 0.5) is 35.1 Å². The number of halogens is 8. The van der Waals surface area contributed by atoms with Gasteiger partial charge in [-0.05, 0) is 35.9 Å². The summed E-state index contributed by atoms with van der Waals surface area (Å²) in [6, 6.07) is 3.53. The van der Waals surface area contributed by atoms with Crippen molar-refractivity contribution in [3.8, 4) is 22.8 Å². The molecule has 0 fully saturated rings. The lowest BCUT2D eigenvalue weighted by Crippen LogP contribution is -2.08. The van der Waals surface area contributed by atoms with Gasteiger partial charge in [0.15, 0.2) is 0 Å². The Morgan fingerprint density at radius 3 is 2.07 bits per heavy atom. The highest BCUT2D eigenvalue weighted by Crippen LogP contribution is 2.40. The Hall–Kier alpha value is -3.18. The predicted molar refractivity (Wildman–Crippen MR) is 88.2 cm³/mol. The van der Waals surface area contributed by atoms with E-state index in [0.29, 0.717) is 24.3 Å². The molecule has 30 heavy (non-hydrogen) atoms. The van der Waals surface area contributed by atoms with E-state index in [4.69, 9.17) is 4.74 Å². The van der Waals surface area contributed by atoms with Crippen molar-refractivity contribution in [1.82, 2.24) is 9.97 Å². The quantitative estimate of drug-likeness (QED) is 0.473. The Morgan fingerprint density at radius 1 is 0.867 bits per heavy atom. The van der Waals surface area contributed by atoms with Crippen LogP contribution in [0, 0.1) is 0 Å². The molecule has 3 aromatic rings. The number of fused-ring (bicyclic) bond motifs is 1. The Labute approximate surface area is 163 Å². The average Bonchev–Trinajstić information content (AvgIpc) is 2.64. The van der Waals surface area contributed by atoms with E-state index < -0.39 is 41.5 Å². The summed E-state index contributed by atoms with van der Waals surface area (Å²) in [5, 5.41) is 0. The second kappa shape index (κ2) is 7.58. The molecule has 0 aliphatic heterocycles. The van der Waals surface area contributed by atoms with Crippen LogP contribution in [-0.4, -0.2) is 23.7 Å². The van der Waals surface area contributed by atoms with Crippen molar-refractivity contribution in [3.63, 3.8) is 0 Å². The van der Waals surface area contributed by atoms with Crippen LogP contribution < -0.4 is 9.47 Å². The molecule has 0 bridgehead atoms. The molecule has 3 rings (SSSR count). The monoisotopic (exact) mass is 438 g/mol. The summed E-state index contributed by atoms with van der Waals surface area (Å²) in [5.74, 6) is -1.000. The minimum absolute atomic E-state index is 0.244. The molecule has 0 radical (unpaired) electrons. The zero-order valence-corrected chi connectivity index (χ0v) is 14.8. The summed E-state index contributed by atoms with van der Waals surface area (Å²) in [6.45, 7) is -3.30. The van der Waals surface area contributed by atoms with Gasteiger partial charge in [0, 0.05) is 5.56 Å². The maximum Gasteiger partial charge on any atom is 0.416 e. The van der Waals surface area contributed by atoms with Crippen molar-refractivity contribution in [3.05, 3.63) is 47.7 Å². The van der Waals surface area contributed by atoms with Crippen LogP contribution in [0.5, 0.6) is 11.6 Å². The van der Waals surface area contributed by atoms with E-state index in [0.717, 1.165) is 19.4 Å². The number of aromatic nitrogens is 2. The average molecular weight is 438 g/mol. The SMILES string of the molecule is COc1cc(-c2cc(C(F)(F)F)cc3nc(OC(F)F)cnc23)cc(C(F)(F)F)c1. The molecule has 0 spiro atoms. The van der Waals surface area contributed by atoms with Crippen molar-refractivity contribution < 1.29 is 44.6 Å². The maximum absolute atomic E-state index is 13.3. The first-order valence-electron chi connectivity index (χ1n) is 7.98. The molecule has 4 nitrogen and oxygen atoms in total. The number of nitrogens with zero attached hydrogens (tertiary/aromatic N) is 2. The van der Waals surface area contributed by atoms with Crippen molar-refractivity contribution in [1.29, 1.82) is 0 Å². The van der Waals surface area contributed by atoms with E-state index in [9.17, 15) is 35.1 Å². The number of rotatable bonds is 4. The minimum atomic E-state index is -4.89. The lowest BCUT2D eigenvalue weighted by Gasteiger charge is -2.15. The standard InChI is InChI=1S/C18H10F8N2O2/c1-29-11-3-8(2-9(4-11)17(21,22)23)12-5-10(18(24,25)26)6-13-15(12)27-7-14(28-13)30-16(19)20/h2-7,16H,1H3. The first-order chi connectivity index (χ1) is 13.9. The molecule has 0 atom stereocenters.